The Hall–Kier alpha value is -4.83. The molecule has 600 valence electrons. The summed E-state index contributed by atoms with van der Waals surface area (Å²) in [4.78, 5) is 58.7. The van der Waals surface area contributed by atoms with Gasteiger partial charge in [0.15, 0.2) is 6.10 Å². The third-order valence-electron chi connectivity index (χ3n) is 16.7. The number of aliphatic hydroxyl groups is 2. The predicted molar refractivity (Wildman–Crippen MR) is 435 cm³/mol. The van der Waals surface area contributed by atoms with Crippen LogP contribution < -0.4 is 0 Å². The molecule has 0 amide bonds. The first-order valence-corrected chi connectivity index (χ1v) is 43.8. The molecule has 0 fully saturated rings. The van der Waals surface area contributed by atoms with E-state index in [1.807, 2.05) is 0 Å². The molecule has 0 aromatic rings. The van der Waals surface area contributed by atoms with Crippen molar-refractivity contribution in [2.75, 3.05) is 39.6 Å². The van der Waals surface area contributed by atoms with Gasteiger partial charge in [-0.15, -0.1) is 0 Å². The monoisotopic (exact) mass is 1510 g/mol. The molecule has 0 aromatic heterocycles. The fourth-order valence-electron chi connectivity index (χ4n) is 10.6. The van der Waals surface area contributed by atoms with E-state index in [-0.39, 0.29) is 19.3 Å². The summed E-state index contributed by atoms with van der Waals surface area (Å²) in [5.41, 5.74) is 0. The van der Waals surface area contributed by atoms with Crippen LogP contribution in [0.3, 0.4) is 0 Å². The zero-order valence-corrected chi connectivity index (χ0v) is 67.4. The summed E-state index contributed by atoms with van der Waals surface area (Å²) in [5.74, 6) is -1.60. The molecular formula is C87H146O16P2. The second-order valence-corrected chi connectivity index (χ2v) is 29.7. The molecule has 0 aliphatic carbocycles. The van der Waals surface area contributed by atoms with Crippen molar-refractivity contribution in [1.29, 1.82) is 0 Å². The molecule has 0 bridgehead atoms. The molecular weight excluding hydrogens is 1360 g/mol. The number of carbonyl (C=O) groups excluding carboxylic acids is 3. The fraction of sp³-hybridized carbons (Fsp3) is 0.667. The number of allylic oxidation sites excluding steroid dienone is 26. The summed E-state index contributed by atoms with van der Waals surface area (Å²) >= 11 is 0. The van der Waals surface area contributed by atoms with Gasteiger partial charge in [0, 0.05) is 19.3 Å². The van der Waals surface area contributed by atoms with E-state index in [9.17, 15) is 43.5 Å². The average Bonchev–Trinajstić information content (AvgIpc) is 0.913. The van der Waals surface area contributed by atoms with Gasteiger partial charge in [0.05, 0.1) is 26.4 Å². The lowest BCUT2D eigenvalue weighted by molar-refractivity contribution is -0.161. The van der Waals surface area contributed by atoms with Crippen molar-refractivity contribution in [2.45, 2.75) is 334 Å². The van der Waals surface area contributed by atoms with Crippen LogP contribution in [-0.4, -0.2) is 95.9 Å². The van der Waals surface area contributed by atoms with E-state index >= 15 is 0 Å². The van der Waals surface area contributed by atoms with E-state index in [4.69, 9.17) is 32.3 Å². The molecule has 5 unspecified atom stereocenters. The highest BCUT2D eigenvalue weighted by molar-refractivity contribution is 7.47. The van der Waals surface area contributed by atoms with Crippen molar-refractivity contribution in [1.82, 2.24) is 0 Å². The zero-order chi connectivity index (χ0) is 76.6. The summed E-state index contributed by atoms with van der Waals surface area (Å²) in [7, 11) is -9.80. The van der Waals surface area contributed by atoms with Crippen molar-refractivity contribution < 1.29 is 75.8 Å². The molecule has 0 saturated heterocycles. The quantitative estimate of drug-likeness (QED) is 0.0146. The smallest absolute Gasteiger partial charge is 0.463 e. The van der Waals surface area contributed by atoms with Crippen LogP contribution >= 0.6 is 15.6 Å². The minimum Gasteiger partial charge on any atom is -0.463 e. The maximum absolute atomic E-state index is 13.0. The summed E-state index contributed by atoms with van der Waals surface area (Å²) in [5, 5.41) is 20.6. The standard InChI is InChI=1S/C87H146O16P2/c1-4-7-10-13-16-19-22-25-27-29-31-33-35-37-39-40-42-44-45-47-49-51-53-56-58-61-64-67-70-73-85(90)97-76-82(88)77-99-104(93,94)100-78-83(89)79-101-105(95,96)102-81-84(103-87(92)75-72-69-66-63-60-55-24-21-18-15-12-9-6-3)80-98-86(91)74-71-68-65-62-59-57-54-52-50-48-46-43-41-38-36-34-32-30-28-26-23-20-17-14-11-8-5-2/h7-8,10-12,15-17,19-21,24-28,31-34,37-39,41,46,48,82-84,88-89H,4-6,9,13-14,18,22-23,29-30,35-36,40,42-45,47,49-81H2,1-3H3,(H,93,94)(H,95,96)/b10-7-,11-8-,15-12-,19-16-,20-17-,24-21-,27-25-,28-26-,33-31-,34-32-,39-37-,41-38-,48-46-. The van der Waals surface area contributed by atoms with Crippen molar-refractivity contribution in [3.05, 3.63) is 158 Å². The Morgan fingerprint density at radius 3 is 0.800 bits per heavy atom. The van der Waals surface area contributed by atoms with Crippen LogP contribution in [-0.2, 0) is 55.8 Å². The van der Waals surface area contributed by atoms with Crippen molar-refractivity contribution in [2.24, 2.45) is 0 Å². The normalized spacial score (nSPS) is 14.8. The van der Waals surface area contributed by atoms with Gasteiger partial charge in [0.2, 0.25) is 0 Å². The summed E-state index contributed by atoms with van der Waals surface area (Å²) in [6.45, 7) is 2.36. The SMILES string of the molecule is CC/C=C\C/C=C\C/C=C\C/C=C\C/C=C\C/C=C\CCCCCCCCCCC(=O)OCC(COP(=O)(O)OCC(O)COP(=O)(O)OCC(O)COC(=O)CCCCCCCCCCCCCCC/C=C\C/C=C\C/C=C\C/C=C\C/C=C\CC)OC(=O)CCCCCCC/C=C\C/C=C\CCC. The molecule has 0 heterocycles. The van der Waals surface area contributed by atoms with E-state index in [0.717, 1.165) is 186 Å². The number of aliphatic hydroxyl groups excluding tert-OH is 2. The maximum atomic E-state index is 13.0. The largest absolute Gasteiger partial charge is 0.472 e. The molecule has 18 heteroatoms. The molecule has 0 aliphatic heterocycles. The van der Waals surface area contributed by atoms with E-state index in [1.165, 1.54) is 70.6 Å². The van der Waals surface area contributed by atoms with Gasteiger partial charge < -0.3 is 34.2 Å². The van der Waals surface area contributed by atoms with Gasteiger partial charge in [-0.3, -0.25) is 32.5 Å². The van der Waals surface area contributed by atoms with Crippen LogP contribution in [0, 0.1) is 0 Å². The van der Waals surface area contributed by atoms with Gasteiger partial charge in [-0.2, -0.15) is 0 Å². The second kappa shape index (κ2) is 78.7. The van der Waals surface area contributed by atoms with Crippen LogP contribution in [0.5, 0.6) is 0 Å². The minimum absolute atomic E-state index is 0.0824. The lowest BCUT2D eigenvalue weighted by Gasteiger charge is -2.21. The van der Waals surface area contributed by atoms with Crippen LogP contribution in [0.4, 0.5) is 0 Å². The number of hydrogen-bond acceptors (Lipinski definition) is 14. The minimum atomic E-state index is -4.94. The maximum Gasteiger partial charge on any atom is 0.472 e. The third-order valence-corrected chi connectivity index (χ3v) is 18.6. The molecule has 0 saturated carbocycles. The number of carbonyl (C=O) groups is 3. The molecule has 4 N–H and O–H groups in total. The average molecular weight is 1510 g/mol. The molecule has 5 atom stereocenters. The Labute approximate surface area is 638 Å². The fourth-order valence-corrected chi connectivity index (χ4v) is 12.2. The van der Waals surface area contributed by atoms with Gasteiger partial charge in [0.25, 0.3) is 0 Å². The predicted octanol–water partition coefficient (Wildman–Crippen LogP) is 24.2. The molecule has 0 aromatic carbocycles. The van der Waals surface area contributed by atoms with Crippen molar-refractivity contribution in [3.63, 3.8) is 0 Å². The van der Waals surface area contributed by atoms with Crippen LogP contribution in [0.2, 0.25) is 0 Å². The van der Waals surface area contributed by atoms with E-state index in [1.54, 1.807) is 0 Å². The summed E-state index contributed by atoms with van der Waals surface area (Å²) in [6, 6.07) is 0. The number of phosphoric ester groups is 2. The van der Waals surface area contributed by atoms with Gasteiger partial charge in [0.1, 0.15) is 25.4 Å². The number of unbranched alkanes of at least 4 members (excludes halogenated alkanes) is 27. The highest BCUT2D eigenvalue weighted by Crippen LogP contribution is 2.45. The highest BCUT2D eigenvalue weighted by Gasteiger charge is 2.29. The van der Waals surface area contributed by atoms with Gasteiger partial charge in [-0.25, -0.2) is 9.13 Å². The molecule has 0 rings (SSSR count). The lowest BCUT2D eigenvalue weighted by atomic mass is 10.0. The topological polar surface area (TPSA) is 231 Å². The van der Waals surface area contributed by atoms with Crippen LogP contribution in [0.25, 0.3) is 0 Å². The van der Waals surface area contributed by atoms with Crippen LogP contribution in [0.15, 0.2) is 158 Å². The van der Waals surface area contributed by atoms with Gasteiger partial charge in [-0.1, -0.05) is 314 Å². The van der Waals surface area contributed by atoms with E-state index < -0.39 is 91.5 Å². The molecule has 0 spiro atoms. The van der Waals surface area contributed by atoms with Crippen LogP contribution in [0.1, 0.15) is 316 Å². The number of hydrogen-bond donors (Lipinski definition) is 4. The van der Waals surface area contributed by atoms with E-state index in [2.05, 4.69) is 179 Å². The molecule has 16 nitrogen and oxygen atoms in total. The Balaban J connectivity index is 4.51. The summed E-state index contributed by atoms with van der Waals surface area (Å²) < 4.78 is 61.2. The number of ether oxygens (including phenoxy) is 3. The Bertz CT molecular complexity index is 2540. The number of rotatable bonds is 76. The molecule has 0 radical (unpaired) electrons. The molecule has 0 aliphatic rings. The second-order valence-electron chi connectivity index (χ2n) is 26.8. The Morgan fingerprint density at radius 2 is 0.505 bits per heavy atom. The zero-order valence-electron chi connectivity index (χ0n) is 65.6. The van der Waals surface area contributed by atoms with E-state index in [0.29, 0.717) is 19.3 Å². The first kappa shape index (κ1) is 100. The van der Waals surface area contributed by atoms with Crippen molar-refractivity contribution >= 4 is 33.6 Å². The van der Waals surface area contributed by atoms with Gasteiger partial charge >= 0.3 is 33.6 Å². The Morgan fingerprint density at radius 1 is 0.276 bits per heavy atom. The number of phosphoric acid groups is 2. The first-order valence-electron chi connectivity index (χ1n) is 40.8. The lowest BCUT2D eigenvalue weighted by Crippen LogP contribution is -2.30. The summed E-state index contributed by atoms with van der Waals surface area (Å²) in [6.07, 6.45) is 98.7. The number of esters is 3. The first-order chi connectivity index (χ1) is 51.2. The van der Waals surface area contributed by atoms with Gasteiger partial charge in [-0.05, 0) is 141 Å². The Kier molecular flexibility index (Phi) is 75.1. The highest BCUT2D eigenvalue weighted by atomic mass is 31.2. The molecule has 105 heavy (non-hydrogen) atoms. The van der Waals surface area contributed by atoms with Crippen molar-refractivity contribution in [3.8, 4) is 0 Å². The third kappa shape index (κ3) is 80.0.